The summed E-state index contributed by atoms with van der Waals surface area (Å²) in [4.78, 5) is 29.4. The summed E-state index contributed by atoms with van der Waals surface area (Å²) in [6.07, 6.45) is 0. The molecule has 2 rings (SSSR count). The first kappa shape index (κ1) is 19.7. The van der Waals surface area contributed by atoms with Crippen molar-refractivity contribution in [3.63, 3.8) is 0 Å². The number of aromatic nitrogens is 1. The molecule has 8 heteroatoms. The van der Waals surface area contributed by atoms with Gasteiger partial charge in [0.05, 0.1) is 20.9 Å². The number of non-ortho nitro benzene ring substituents is 1. The van der Waals surface area contributed by atoms with E-state index in [4.69, 9.17) is 0 Å². The molecular weight excluding hydrogens is 358 g/mol. The van der Waals surface area contributed by atoms with Gasteiger partial charge in [-0.2, -0.15) is 0 Å². The number of nitro benzene ring substituents is 1. The molecule has 0 radical (unpaired) electrons. The Labute approximate surface area is 155 Å². The molecule has 0 aliphatic carbocycles. The maximum atomic E-state index is 12.5. The second-order valence-corrected chi connectivity index (χ2v) is 9.02. The van der Waals surface area contributed by atoms with Crippen molar-refractivity contribution >= 4 is 44.9 Å². The molecule has 6 nitrogen and oxygen atoms in total. The fourth-order valence-corrected chi connectivity index (χ4v) is 4.45. The lowest BCUT2D eigenvalue weighted by molar-refractivity contribution is -0.384. The van der Waals surface area contributed by atoms with Crippen LogP contribution in [0.1, 0.15) is 27.7 Å². The molecule has 0 spiro atoms. The number of fused-ring (bicyclic) bond motifs is 1. The lowest BCUT2D eigenvalue weighted by Crippen LogP contribution is -2.38. The summed E-state index contributed by atoms with van der Waals surface area (Å²) in [7, 11) is 0. The Morgan fingerprint density at radius 2 is 1.92 bits per heavy atom. The highest BCUT2D eigenvalue weighted by Crippen LogP contribution is 2.31. The molecular formula is C17H23N3O3S2. The molecule has 1 aromatic heterocycles. The Balaban J connectivity index is 2.04. The van der Waals surface area contributed by atoms with Gasteiger partial charge in [-0.05, 0) is 17.9 Å². The van der Waals surface area contributed by atoms with E-state index in [-0.39, 0.29) is 11.6 Å². The number of hydrogen-bond acceptors (Lipinski definition) is 6. The summed E-state index contributed by atoms with van der Waals surface area (Å²) in [5.74, 6) is 1.30. The predicted molar refractivity (Wildman–Crippen MR) is 103 cm³/mol. The lowest BCUT2D eigenvalue weighted by Gasteiger charge is -2.26. The quantitative estimate of drug-likeness (QED) is 0.384. The minimum atomic E-state index is -0.411. The summed E-state index contributed by atoms with van der Waals surface area (Å²) >= 11 is 2.78. The molecule has 0 saturated carbocycles. The topological polar surface area (TPSA) is 76.3 Å². The van der Waals surface area contributed by atoms with Gasteiger partial charge in [-0.1, -0.05) is 39.5 Å². The second-order valence-electron chi connectivity index (χ2n) is 6.76. The van der Waals surface area contributed by atoms with Crippen LogP contribution in [-0.2, 0) is 4.79 Å². The Bertz CT molecular complexity index is 749. The SMILES string of the molecule is CC(C)CN(CC(C)C)C(=O)CSc1nc2ccc([N+](=O)[O-])cc2s1. The minimum Gasteiger partial charge on any atom is -0.341 e. The van der Waals surface area contributed by atoms with Crippen LogP contribution in [0, 0.1) is 22.0 Å². The highest BCUT2D eigenvalue weighted by molar-refractivity contribution is 8.01. The zero-order chi connectivity index (χ0) is 18.6. The molecule has 0 aliphatic rings. The van der Waals surface area contributed by atoms with E-state index in [2.05, 4.69) is 32.7 Å². The molecule has 0 bridgehead atoms. The predicted octanol–water partition coefficient (Wildman–Crippen LogP) is 4.44. The van der Waals surface area contributed by atoms with Crippen LogP contribution in [0.15, 0.2) is 22.5 Å². The van der Waals surface area contributed by atoms with E-state index in [9.17, 15) is 14.9 Å². The van der Waals surface area contributed by atoms with Crippen molar-refractivity contribution in [2.24, 2.45) is 11.8 Å². The summed E-state index contributed by atoms with van der Waals surface area (Å²) in [5.41, 5.74) is 0.788. The molecule has 0 unspecified atom stereocenters. The third-order valence-electron chi connectivity index (χ3n) is 3.41. The van der Waals surface area contributed by atoms with Gasteiger partial charge in [0, 0.05) is 25.2 Å². The molecule has 1 heterocycles. The van der Waals surface area contributed by atoms with Crippen molar-refractivity contribution in [2.75, 3.05) is 18.8 Å². The third-order valence-corrected chi connectivity index (χ3v) is 5.55. The number of carbonyl (C=O) groups is 1. The average molecular weight is 382 g/mol. The van der Waals surface area contributed by atoms with Gasteiger partial charge in [0.2, 0.25) is 5.91 Å². The molecule has 0 aliphatic heterocycles. The van der Waals surface area contributed by atoms with Crippen LogP contribution in [0.25, 0.3) is 10.2 Å². The van der Waals surface area contributed by atoms with Crippen molar-refractivity contribution in [1.29, 1.82) is 0 Å². The summed E-state index contributed by atoms with van der Waals surface area (Å²) < 4.78 is 1.53. The first-order valence-electron chi connectivity index (χ1n) is 8.21. The van der Waals surface area contributed by atoms with Crippen molar-refractivity contribution in [3.8, 4) is 0 Å². The van der Waals surface area contributed by atoms with E-state index in [0.717, 1.165) is 27.6 Å². The van der Waals surface area contributed by atoms with Gasteiger partial charge in [0.15, 0.2) is 4.34 Å². The van der Waals surface area contributed by atoms with E-state index >= 15 is 0 Å². The van der Waals surface area contributed by atoms with E-state index in [1.165, 1.54) is 35.2 Å². The number of thiazole rings is 1. The molecule has 0 atom stereocenters. The average Bonchev–Trinajstić information content (AvgIpc) is 2.92. The summed E-state index contributed by atoms with van der Waals surface area (Å²) in [6.45, 7) is 9.93. The summed E-state index contributed by atoms with van der Waals surface area (Å²) in [6, 6.07) is 4.64. The van der Waals surface area contributed by atoms with Gasteiger partial charge in [0.25, 0.3) is 5.69 Å². The Morgan fingerprint density at radius 3 is 2.48 bits per heavy atom. The van der Waals surface area contributed by atoms with Gasteiger partial charge in [0.1, 0.15) is 0 Å². The number of benzene rings is 1. The second kappa shape index (κ2) is 8.62. The van der Waals surface area contributed by atoms with Gasteiger partial charge in [-0.25, -0.2) is 4.98 Å². The molecule has 2 aromatic rings. The Kier molecular flexibility index (Phi) is 6.78. The zero-order valence-electron chi connectivity index (χ0n) is 14.9. The molecule has 0 fully saturated rings. The van der Waals surface area contributed by atoms with Crippen LogP contribution in [0.5, 0.6) is 0 Å². The number of nitro groups is 1. The number of amides is 1. The summed E-state index contributed by atoms with van der Waals surface area (Å²) in [5, 5.41) is 10.9. The van der Waals surface area contributed by atoms with Gasteiger partial charge in [-0.3, -0.25) is 14.9 Å². The van der Waals surface area contributed by atoms with Crippen LogP contribution in [0.2, 0.25) is 0 Å². The number of hydrogen-bond donors (Lipinski definition) is 0. The maximum Gasteiger partial charge on any atom is 0.270 e. The van der Waals surface area contributed by atoms with Crippen LogP contribution >= 0.6 is 23.1 Å². The van der Waals surface area contributed by atoms with E-state index in [1.807, 2.05) is 4.90 Å². The van der Waals surface area contributed by atoms with Gasteiger partial charge < -0.3 is 4.90 Å². The largest absolute Gasteiger partial charge is 0.341 e. The molecule has 1 aromatic carbocycles. The molecule has 0 N–H and O–H groups in total. The fraction of sp³-hybridized carbons (Fsp3) is 0.529. The molecule has 25 heavy (non-hydrogen) atoms. The van der Waals surface area contributed by atoms with Crippen LogP contribution in [-0.4, -0.2) is 39.6 Å². The number of nitrogens with zero attached hydrogens (tertiary/aromatic N) is 3. The minimum absolute atomic E-state index is 0.0591. The van der Waals surface area contributed by atoms with Crippen molar-refractivity contribution in [1.82, 2.24) is 9.88 Å². The third kappa shape index (κ3) is 5.67. The highest BCUT2D eigenvalue weighted by atomic mass is 32.2. The smallest absolute Gasteiger partial charge is 0.270 e. The van der Waals surface area contributed by atoms with E-state index < -0.39 is 4.92 Å². The number of thioether (sulfide) groups is 1. The monoisotopic (exact) mass is 381 g/mol. The first-order valence-corrected chi connectivity index (χ1v) is 10.0. The standard InChI is InChI=1S/C17H23N3O3S2/c1-11(2)8-19(9-12(3)4)16(21)10-24-17-18-14-6-5-13(20(22)23)7-15(14)25-17/h5-7,11-12H,8-10H2,1-4H3. The molecule has 136 valence electrons. The normalized spacial score (nSPS) is 11.4. The fourth-order valence-electron chi connectivity index (χ4n) is 2.44. The van der Waals surface area contributed by atoms with Crippen LogP contribution in [0.3, 0.4) is 0 Å². The molecule has 1 amide bonds. The number of rotatable bonds is 8. The highest BCUT2D eigenvalue weighted by Gasteiger charge is 2.18. The van der Waals surface area contributed by atoms with Crippen LogP contribution < -0.4 is 0 Å². The Hall–Kier alpha value is -1.67. The number of carbonyl (C=O) groups excluding carboxylic acids is 1. The van der Waals surface area contributed by atoms with Crippen LogP contribution in [0.4, 0.5) is 5.69 Å². The molecule has 0 saturated heterocycles. The maximum absolute atomic E-state index is 12.5. The Morgan fingerprint density at radius 1 is 1.28 bits per heavy atom. The van der Waals surface area contributed by atoms with Gasteiger partial charge >= 0.3 is 0 Å². The van der Waals surface area contributed by atoms with E-state index in [1.54, 1.807) is 6.07 Å². The van der Waals surface area contributed by atoms with Crippen molar-refractivity contribution < 1.29 is 9.72 Å². The van der Waals surface area contributed by atoms with Crippen molar-refractivity contribution in [3.05, 3.63) is 28.3 Å². The van der Waals surface area contributed by atoms with Crippen molar-refractivity contribution in [2.45, 2.75) is 32.0 Å². The first-order chi connectivity index (χ1) is 11.8. The van der Waals surface area contributed by atoms with Gasteiger partial charge in [-0.15, -0.1) is 11.3 Å². The van der Waals surface area contributed by atoms with E-state index in [0.29, 0.717) is 17.6 Å². The zero-order valence-corrected chi connectivity index (χ0v) is 16.5. The lowest BCUT2D eigenvalue weighted by atomic mass is 10.1.